The van der Waals surface area contributed by atoms with Crippen LogP contribution in [-0.2, 0) is 6.54 Å². The van der Waals surface area contributed by atoms with Crippen LogP contribution in [-0.4, -0.2) is 71.9 Å². The van der Waals surface area contributed by atoms with Gasteiger partial charge in [-0.1, -0.05) is 17.7 Å². The average Bonchev–Trinajstić information content (AvgIpc) is 3.61. The fourth-order valence-corrected chi connectivity index (χ4v) is 4.34. The van der Waals surface area contributed by atoms with Gasteiger partial charge in [0, 0.05) is 18.0 Å². The first-order valence-electron chi connectivity index (χ1n) is 12.5. The fourth-order valence-electron chi connectivity index (χ4n) is 4.18. The summed E-state index contributed by atoms with van der Waals surface area (Å²) < 4.78 is 53.3. The zero-order chi connectivity index (χ0) is 28.1. The number of benzene rings is 1. The Bertz CT molecular complexity index is 1390. The molecule has 1 aliphatic rings. The highest BCUT2D eigenvalue weighted by molar-refractivity contribution is 6.32. The van der Waals surface area contributed by atoms with Crippen molar-refractivity contribution in [1.82, 2.24) is 45.3 Å². The van der Waals surface area contributed by atoms with Crippen LogP contribution >= 0.6 is 24.0 Å². The van der Waals surface area contributed by atoms with Gasteiger partial charge in [-0.25, -0.2) is 23.4 Å². The monoisotopic (exact) mass is 614 g/mol. The average molecular weight is 615 g/mol. The Balaban J connectivity index is 0.00000387. The second-order valence-corrected chi connectivity index (χ2v) is 9.55. The number of ether oxygens (including phenoxy) is 2. The van der Waals surface area contributed by atoms with Crippen molar-refractivity contribution in [3.63, 3.8) is 0 Å². The Morgan fingerprint density at radius 2 is 1.88 bits per heavy atom. The molecule has 2 atom stereocenters. The molecule has 0 bridgehead atoms. The lowest BCUT2D eigenvalue weighted by molar-refractivity contribution is -0.0690. The normalized spacial score (nSPS) is 15.3. The van der Waals surface area contributed by atoms with Crippen molar-refractivity contribution in [3.8, 4) is 22.8 Å². The van der Waals surface area contributed by atoms with Crippen LogP contribution in [0.2, 0.25) is 5.02 Å². The summed E-state index contributed by atoms with van der Waals surface area (Å²) in [5.74, 6) is 0.314. The van der Waals surface area contributed by atoms with Crippen LogP contribution in [0.5, 0.6) is 11.6 Å². The van der Waals surface area contributed by atoms with Gasteiger partial charge in [0.15, 0.2) is 0 Å². The Kier molecular flexibility index (Phi) is 10.2. The van der Waals surface area contributed by atoms with Crippen molar-refractivity contribution in [2.45, 2.75) is 51.2 Å². The number of nitrogens with one attached hydrogen (secondary N) is 2. The van der Waals surface area contributed by atoms with Gasteiger partial charge in [0.2, 0.25) is 5.95 Å². The van der Waals surface area contributed by atoms with Crippen molar-refractivity contribution in [2.24, 2.45) is 0 Å². The van der Waals surface area contributed by atoms with Crippen LogP contribution in [0, 0.1) is 0 Å². The minimum Gasteiger partial charge on any atom is -0.487 e. The van der Waals surface area contributed by atoms with Gasteiger partial charge in [0.25, 0.3) is 12.2 Å². The van der Waals surface area contributed by atoms with Crippen molar-refractivity contribution in [1.29, 1.82) is 0 Å². The fraction of sp³-hybridized carbons (Fsp3) is 0.417. The van der Waals surface area contributed by atoms with E-state index >= 15 is 0 Å². The van der Waals surface area contributed by atoms with Gasteiger partial charge in [-0.3, -0.25) is 4.68 Å². The van der Waals surface area contributed by atoms with E-state index in [-0.39, 0.29) is 42.1 Å². The summed E-state index contributed by atoms with van der Waals surface area (Å²) in [6.45, 7) is 3.86. The first kappa shape index (κ1) is 30.3. The summed E-state index contributed by atoms with van der Waals surface area (Å²) in [5.41, 5.74) is 1.59. The SMILES string of the molecule is CC(Cn1cnnn1)Oc1cc(-c2cnc(Nc3cn(C4CCNCC4)nc3OC(F)C(F)F)nc2)ccc1Cl.Cl. The van der Waals surface area contributed by atoms with Crippen LogP contribution in [0.1, 0.15) is 25.8 Å². The predicted octanol–water partition coefficient (Wildman–Crippen LogP) is 4.48. The Morgan fingerprint density at radius 3 is 2.56 bits per heavy atom. The Hall–Kier alpha value is -3.69. The van der Waals surface area contributed by atoms with E-state index in [1.165, 1.54) is 6.33 Å². The number of halogens is 5. The quantitative estimate of drug-likeness (QED) is 0.249. The highest BCUT2D eigenvalue weighted by atomic mass is 35.5. The van der Waals surface area contributed by atoms with Crippen molar-refractivity contribution in [2.75, 3.05) is 18.4 Å². The van der Waals surface area contributed by atoms with Crippen LogP contribution in [0.25, 0.3) is 11.1 Å². The second kappa shape index (κ2) is 13.8. The summed E-state index contributed by atoms with van der Waals surface area (Å²) in [6, 6.07) is 5.29. The molecule has 4 heterocycles. The predicted molar refractivity (Wildman–Crippen MR) is 146 cm³/mol. The number of hydrogen-bond donors (Lipinski definition) is 2. The highest BCUT2D eigenvalue weighted by Gasteiger charge is 2.26. The van der Waals surface area contributed by atoms with Gasteiger partial charge in [-0.2, -0.15) is 4.39 Å². The number of rotatable bonds is 11. The van der Waals surface area contributed by atoms with Gasteiger partial charge in [-0.15, -0.1) is 22.6 Å². The van der Waals surface area contributed by atoms with E-state index in [0.29, 0.717) is 22.9 Å². The van der Waals surface area contributed by atoms with E-state index in [1.54, 1.807) is 46.2 Å². The maximum absolute atomic E-state index is 13.7. The first-order valence-corrected chi connectivity index (χ1v) is 12.9. The topological polar surface area (TPSA) is 130 Å². The van der Waals surface area contributed by atoms with Crippen molar-refractivity contribution in [3.05, 3.63) is 48.1 Å². The molecular formula is C24H27Cl2F3N10O2. The van der Waals surface area contributed by atoms with Crippen LogP contribution in [0.3, 0.4) is 0 Å². The van der Waals surface area contributed by atoms with Crippen molar-refractivity contribution >= 4 is 35.6 Å². The molecule has 2 unspecified atom stereocenters. The molecule has 4 aromatic rings. The summed E-state index contributed by atoms with van der Waals surface area (Å²) in [4.78, 5) is 8.65. The van der Waals surface area contributed by atoms with Crippen LogP contribution < -0.4 is 20.1 Å². The van der Waals surface area contributed by atoms with Gasteiger partial charge in [0.1, 0.15) is 23.9 Å². The molecule has 0 amide bonds. The van der Waals surface area contributed by atoms with Crippen LogP contribution in [0.4, 0.5) is 24.8 Å². The zero-order valence-corrected chi connectivity index (χ0v) is 23.3. The number of hydrogen-bond acceptors (Lipinski definition) is 10. The highest BCUT2D eigenvalue weighted by Crippen LogP contribution is 2.33. The maximum atomic E-state index is 13.7. The van der Waals surface area contributed by atoms with Gasteiger partial charge < -0.3 is 20.1 Å². The third kappa shape index (κ3) is 7.74. The minimum absolute atomic E-state index is 0. The molecule has 2 N–H and O–H groups in total. The molecular weight excluding hydrogens is 588 g/mol. The van der Waals surface area contributed by atoms with E-state index in [0.717, 1.165) is 31.5 Å². The number of alkyl halides is 3. The number of nitrogens with zero attached hydrogens (tertiary/aromatic N) is 8. The lowest BCUT2D eigenvalue weighted by Crippen LogP contribution is -2.29. The number of aromatic nitrogens is 8. The Morgan fingerprint density at radius 1 is 1.12 bits per heavy atom. The summed E-state index contributed by atoms with van der Waals surface area (Å²) in [6.07, 6.45) is 1.37. The molecule has 1 fully saturated rings. The van der Waals surface area contributed by atoms with E-state index in [9.17, 15) is 13.2 Å². The lowest BCUT2D eigenvalue weighted by atomic mass is 10.1. The molecule has 1 saturated heterocycles. The molecule has 220 valence electrons. The molecule has 0 saturated carbocycles. The molecule has 0 aliphatic carbocycles. The zero-order valence-electron chi connectivity index (χ0n) is 21.7. The summed E-state index contributed by atoms with van der Waals surface area (Å²) >= 11 is 6.34. The largest absolute Gasteiger partial charge is 0.487 e. The third-order valence-corrected chi connectivity index (χ3v) is 6.44. The second-order valence-electron chi connectivity index (χ2n) is 9.14. The Labute approximate surface area is 244 Å². The first-order chi connectivity index (χ1) is 19.4. The van der Waals surface area contributed by atoms with Crippen molar-refractivity contribution < 1.29 is 22.6 Å². The third-order valence-electron chi connectivity index (χ3n) is 6.13. The molecule has 5 rings (SSSR count). The lowest BCUT2D eigenvalue weighted by Gasteiger charge is -2.22. The van der Waals surface area contributed by atoms with Gasteiger partial charge in [0.05, 0.1) is 23.8 Å². The molecule has 1 aliphatic heterocycles. The number of piperidine rings is 1. The molecule has 1 aromatic carbocycles. The summed E-state index contributed by atoms with van der Waals surface area (Å²) in [5, 5.41) is 21.8. The molecule has 17 heteroatoms. The standard InChI is InChI=1S/C24H26ClF3N10O2.ClH/c1-14(11-37-13-32-35-36-37)39-20-8-15(2-3-18(20)25)16-9-30-24(31-10-16)33-19-12-38(17-4-6-29-7-5-17)34-23(19)40-22(28)21(26)27;/h2-3,8-10,12-14,17,21-22,29H,4-7,11H2,1H3,(H,30,31,33);1H. The van der Waals surface area contributed by atoms with Gasteiger partial charge in [-0.05, 0) is 61.0 Å². The summed E-state index contributed by atoms with van der Waals surface area (Å²) in [7, 11) is 0. The molecule has 3 aromatic heterocycles. The molecule has 0 radical (unpaired) electrons. The number of anilines is 2. The molecule has 41 heavy (non-hydrogen) atoms. The molecule has 12 nitrogen and oxygen atoms in total. The van der Waals surface area contributed by atoms with Crippen LogP contribution in [0.15, 0.2) is 43.1 Å². The minimum atomic E-state index is -3.32. The van der Waals surface area contributed by atoms with E-state index in [4.69, 9.17) is 21.1 Å². The maximum Gasteiger partial charge on any atom is 0.304 e. The number of tetrazole rings is 1. The smallest absolute Gasteiger partial charge is 0.304 e. The van der Waals surface area contributed by atoms with E-state index in [1.807, 2.05) is 6.92 Å². The van der Waals surface area contributed by atoms with E-state index < -0.39 is 12.8 Å². The van der Waals surface area contributed by atoms with E-state index in [2.05, 4.69) is 41.2 Å². The van der Waals surface area contributed by atoms with Gasteiger partial charge >= 0.3 is 6.43 Å². The molecule has 0 spiro atoms.